The van der Waals surface area contributed by atoms with Crippen LogP contribution in [0.4, 0.5) is 0 Å². The zero-order valence-corrected chi connectivity index (χ0v) is 16.4. The maximum Gasteiger partial charge on any atom is 0.290 e. The largest absolute Gasteiger partial charge is 0.508 e. The summed E-state index contributed by atoms with van der Waals surface area (Å²) in [7, 11) is 0. The summed E-state index contributed by atoms with van der Waals surface area (Å²) in [6, 6.07) is 13.1. The van der Waals surface area contributed by atoms with E-state index in [-0.39, 0.29) is 22.8 Å². The molecule has 1 aromatic heterocycles. The minimum Gasteiger partial charge on any atom is -0.508 e. The van der Waals surface area contributed by atoms with Gasteiger partial charge >= 0.3 is 0 Å². The number of hydrogen-bond acceptors (Lipinski definition) is 6. The van der Waals surface area contributed by atoms with Gasteiger partial charge in [0.25, 0.3) is 5.91 Å². The molecule has 0 spiro atoms. The van der Waals surface area contributed by atoms with E-state index < -0.39 is 6.04 Å². The van der Waals surface area contributed by atoms with Crippen LogP contribution in [-0.4, -0.2) is 60.2 Å². The Hall–Kier alpha value is -3.16. The van der Waals surface area contributed by atoms with Crippen LogP contribution < -0.4 is 5.43 Å². The SMILES string of the molecule is O=C1c2oc3ccccc3c(=O)c2C(c2cccc(O)c2)N1CCN1CCOCC1. The molecule has 5 rings (SSSR count). The summed E-state index contributed by atoms with van der Waals surface area (Å²) in [5.74, 6) is -0.116. The van der Waals surface area contributed by atoms with E-state index in [0.717, 1.165) is 13.1 Å². The van der Waals surface area contributed by atoms with E-state index in [9.17, 15) is 14.7 Å². The average molecular weight is 406 g/mol. The van der Waals surface area contributed by atoms with Gasteiger partial charge in [0, 0.05) is 26.2 Å². The number of phenols is 1. The van der Waals surface area contributed by atoms with Crippen molar-refractivity contribution < 1.29 is 19.1 Å². The highest BCUT2D eigenvalue weighted by Gasteiger charge is 2.42. The Bertz CT molecular complexity index is 1170. The van der Waals surface area contributed by atoms with E-state index in [4.69, 9.17) is 9.15 Å². The number of ether oxygens (including phenoxy) is 1. The third kappa shape index (κ3) is 3.16. The van der Waals surface area contributed by atoms with Crippen LogP contribution in [0.2, 0.25) is 0 Å². The van der Waals surface area contributed by atoms with Crippen LogP contribution in [0.1, 0.15) is 27.7 Å². The summed E-state index contributed by atoms with van der Waals surface area (Å²) in [5, 5.41) is 10.5. The van der Waals surface area contributed by atoms with Crippen molar-refractivity contribution in [1.29, 1.82) is 0 Å². The Balaban J connectivity index is 1.60. The summed E-state index contributed by atoms with van der Waals surface area (Å²) >= 11 is 0. The molecule has 0 bridgehead atoms. The van der Waals surface area contributed by atoms with Crippen molar-refractivity contribution in [3.63, 3.8) is 0 Å². The molecule has 0 radical (unpaired) electrons. The lowest BCUT2D eigenvalue weighted by Crippen LogP contribution is -2.42. The number of carbonyl (C=O) groups excluding carboxylic acids is 1. The van der Waals surface area contributed by atoms with Crippen LogP contribution in [0, 0.1) is 0 Å². The van der Waals surface area contributed by atoms with Crippen LogP contribution in [0.25, 0.3) is 11.0 Å². The third-order valence-corrected chi connectivity index (χ3v) is 5.82. The van der Waals surface area contributed by atoms with Crippen LogP contribution in [0.5, 0.6) is 5.75 Å². The van der Waals surface area contributed by atoms with Crippen molar-refractivity contribution in [2.75, 3.05) is 39.4 Å². The number of amides is 1. The van der Waals surface area contributed by atoms with Gasteiger partial charge in [0.2, 0.25) is 5.76 Å². The first kappa shape index (κ1) is 18.8. The summed E-state index contributed by atoms with van der Waals surface area (Å²) in [5.41, 5.74) is 1.22. The predicted molar refractivity (Wildman–Crippen MR) is 111 cm³/mol. The monoisotopic (exact) mass is 406 g/mol. The number of nitrogens with zero attached hydrogens (tertiary/aromatic N) is 2. The standard InChI is InChI=1S/C23H22N2O5/c26-16-5-3-4-15(14-16)20-19-21(27)17-6-1-2-7-18(17)30-22(19)23(28)25(20)9-8-24-10-12-29-13-11-24/h1-7,14,20,26H,8-13H2. The molecule has 7 nitrogen and oxygen atoms in total. The molecule has 1 N–H and O–H groups in total. The van der Waals surface area contributed by atoms with Crippen molar-refractivity contribution in [1.82, 2.24) is 9.80 Å². The smallest absolute Gasteiger partial charge is 0.290 e. The fourth-order valence-electron chi connectivity index (χ4n) is 4.31. The van der Waals surface area contributed by atoms with E-state index in [0.29, 0.717) is 48.4 Å². The second-order valence-corrected chi connectivity index (χ2v) is 7.62. The zero-order chi connectivity index (χ0) is 20.7. The average Bonchev–Trinajstić information content (AvgIpc) is 3.05. The fraction of sp³-hybridized carbons (Fsp3) is 0.304. The van der Waals surface area contributed by atoms with Crippen LogP contribution >= 0.6 is 0 Å². The van der Waals surface area contributed by atoms with E-state index in [1.54, 1.807) is 47.4 Å². The number of rotatable bonds is 4. The first-order valence-corrected chi connectivity index (χ1v) is 10.1. The zero-order valence-electron chi connectivity index (χ0n) is 16.4. The highest BCUT2D eigenvalue weighted by Crippen LogP contribution is 2.38. The van der Waals surface area contributed by atoms with E-state index in [2.05, 4.69) is 4.90 Å². The predicted octanol–water partition coefficient (Wildman–Crippen LogP) is 2.38. The molecule has 2 aromatic carbocycles. The highest BCUT2D eigenvalue weighted by atomic mass is 16.5. The van der Waals surface area contributed by atoms with Crippen molar-refractivity contribution in [2.45, 2.75) is 6.04 Å². The Kier molecular flexibility index (Phi) is 4.77. The Morgan fingerprint density at radius 3 is 2.60 bits per heavy atom. The molecule has 1 saturated heterocycles. The topological polar surface area (TPSA) is 83.2 Å². The summed E-state index contributed by atoms with van der Waals surface area (Å²) in [6.45, 7) is 4.09. The van der Waals surface area contributed by atoms with E-state index in [1.807, 2.05) is 6.07 Å². The lowest BCUT2D eigenvalue weighted by Gasteiger charge is -2.31. The summed E-state index contributed by atoms with van der Waals surface area (Å²) in [4.78, 5) is 30.6. The maximum absolute atomic E-state index is 13.4. The molecule has 2 aliphatic heterocycles. The molecule has 3 heterocycles. The lowest BCUT2D eigenvalue weighted by molar-refractivity contribution is 0.0314. The number of aromatic hydroxyl groups is 1. The van der Waals surface area contributed by atoms with Gasteiger partial charge in [-0.1, -0.05) is 24.3 Å². The molecule has 3 aromatic rings. The maximum atomic E-state index is 13.4. The molecule has 7 heteroatoms. The first-order valence-electron chi connectivity index (χ1n) is 10.1. The Morgan fingerprint density at radius 2 is 1.80 bits per heavy atom. The molecule has 1 amide bonds. The quantitative estimate of drug-likeness (QED) is 0.716. The molecular formula is C23H22N2O5. The van der Waals surface area contributed by atoms with Crippen molar-refractivity contribution >= 4 is 16.9 Å². The Labute approximate surface area is 173 Å². The number of hydrogen-bond donors (Lipinski definition) is 1. The van der Waals surface area contributed by atoms with Crippen molar-refractivity contribution in [3.8, 4) is 5.75 Å². The van der Waals surface area contributed by atoms with Gasteiger partial charge in [-0.2, -0.15) is 0 Å². The molecule has 1 fully saturated rings. The number of benzene rings is 2. The van der Waals surface area contributed by atoms with Crippen molar-refractivity contribution in [2.24, 2.45) is 0 Å². The third-order valence-electron chi connectivity index (χ3n) is 5.82. The van der Waals surface area contributed by atoms with Gasteiger partial charge in [-0.15, -0.1) is 0 Å². The van der Waals surface area contributed by atoms with Gasteiger partial charge in [0.15, 0.2) is 5.43 Å². The number of fused-ring (bicyclic) bond motifs is 2. The first-order chi connectivity index (χ1) is 14.6. The van der Waals surface area contributed by atoms with Crippen LogP contribution in [0.15, 0.2) is 57.7 Å². The van der Waals surface area contributed by atoms with Gasteiger partial charge in [-0.3, -0.25) is 14.5 Å². The van der Waals surface area contributed by atoms with Gasteiger partial charge in [-0.25, -0.2) is 0 Å². The number of morpholine rings is 1. The normalized spacial score (nSPS) is 19.4. The number of phenolic OH excluding ortho intramolecular Hbond substituents is 1. The highest BCUT2D eigenvalue weighted by molar-refractivity contribution is 5.99. The minimum atomic E-state index is -0.596. The number of para-hydroxylation sites is 1. The van der Waals surface area contributed by atoms with Crippen LogP contribution in [0.3, 0.4) is 0 Å². The molecule has 154 valence electrons. The molecular weight excluding hydrogens is 384 g/mol. The summed E-state index contributed by atoms with van der Waals surface area (Å²) in [6.07, 6.45) is 0. The molecule has 30 heavy (non-hydrogen) atoms. The Morgan fingerprint density at radius 1 is 1.00 bits per heavy atom. The molecule has 2 aliphatic rings. The fourth-order valence-corrected chi connectivity index (χ4v) is 4.31. The van der Waals surface area contributed by atoms with Gasteiger partial charge in [0.05, 0.1) is 30.2 Å². The van der Waals surface area contributed by atoms with E-state index >= 15 is 0 Å². The molecule has 0 saturated carbocycles. The molecule has 0 aliphatic carbocycles. The number of carbonyl (C=O) groups is 1. The molecule has 1 atom stereocenters. The second-order valence-electron chi connectivity index (χ2n) is 7.62. The summed E-state index contributed by atoms with van der Waals surface area (Å²) < 4.78 is 11.3. The van der Waals surface area contributed by atoms with Gasteiger partial charge in [-0.05, 0) is 29.8 Å². The van der Waals surface area contributed by atoms with Crippen LogP contribution in [-0.2, 0) is 4.74 Å². The van der Waals surface area contributed by atoms with E-state index in [1.165, 1.54) is 0 Å². The lowest BCUT2D eigenvalue weighted by atomic mass is 9.98. The van der Waals surface area contributed by atoms with Gasteiger partial charge in [0.1, 0.15) is 11.3 Å². The van der Waals surface area contributed by atoms with Gasteiger partial charge < -0.3 is 19.2 Å². The second kappa shape index (κ2) is 7.59. The minimum absolute atomic E-state index is 0.0895. The molecule has 1 unspecified atom stereocenters. The van der Waals surface area contributed by atoms with Crippen molar-refractivity contribution in [3.05, 3.63) is 75.6 Å².